The third-order valence-corrected chi connectivity index (χ3v) is 4.62. The molecule has 0 saturated heterocycles. The first-order valence-corrected chi connectivity index (χ1v) is 10.1. The van der Waals surface area contributed by atoms with Gasteiger partial charge in [-0.05, 0) is 49.1 Å². The van der Waals surface area contributed by atoms with Crippen molar-refractivity contribution in [3.8, 4) is 22.6 Å². The number of anilines is 2. The van der Waals surface area contributed by atoms with Gasteiger partial charge in [-0.3, -0.25) is 0 Å². The van der Waals surface area contributed by atoms with Gasteiger partial charge in [0.15, 0.2) is 6.61 Å². The summed E-state index contributed by atoms with van der Waals surface area (Å²) in [5.41, 5.74) is 14.3. The Kier molecular flexibility index (Phi) is 9.37. The minimum absolute atomic E-state index is 0. The number of carboxylic acid groups (broad SMARTS) is 1. The summed E-state index contributed by atoms with van der Waals surface area (Å²) in [7, 11) is 0. The molecule has 2 aromatic carbocycles. The fourth-order valence-corrected chi connectivity index (χ4v) is 3.26. The summed E-state index contributed by atoms with van der Waals surface area (Å²) in [6, 6.07) is 14.2. The number of rotatable bonds is 10. The van der Waals surface area contributed by atoms with Crippen LogP contribution >= 0.6 is 24.0 Å². The summed E-state index contributed by atoms with van der Waals surface area (Å²) in [6.45, 7) is 0.0779. The standard InChI is InChI=1S/C22H23ClN4O4.ClH/c23-15-6-3-5-14(11-15)20-18(26-22(25)27-21(20)24)9-1-2-10-30-16-7-4-8-17(12-16)31-13-19(28)29;/h3-8,11-12H,1-2,9-10,13H2,(H,28,29)(H4,24,25,26,27);1H. The van der Waals surface area contributed by atoms with Gasteiger partial charge in [-0.2, -0.15) is 4.98 Å². The lowest BCUT2D eigenvalue weighted by atomic mass is 10.0. The number of halogens is 2. The second-order valence-electron chi connectivity index (χ2n) is 6.76. The van der Waals surface area contributed by atoms with Crippen LogP contribution < -0.4 is 20.9 Å². The molecule has 0 fully saturated rings. The van der Waals surface area contributed by atoms with Gasteiger partial charge in [0.1, 0.15) is 17.3 Å². The highest BCUT2D eigenvalue weighted by molar-refractivity contribution is 6.30. The number of ether oxygens (including phenoxy) is 2. The van der Waals surface area contributed by atoms with Crippen molar-refractivity contribution in [2.45, 2.75) is 19.3 Å². The molecule has 10 heteroatoms. The molecule has 0 amide bonds. The van der Waals surface area contributed by atoms with E-state index in [2.05, 4.69) is 9.97 Å². The van der Waals surface area contributed by atoms with E-state index in [0.29, 0.717) is 35.4 Å². The van der Waals surface area contributed by atoms with Crippen molar-refractivity contribution < 1.29 is 19.4 Å². The molecule has 0 radical (unpaired) electrons. The van der Waals surface area contributed by atoms with Gasteiger partial charge >= 0.3 is 5.97 Å². The molecule has 8 nitrogen and oxygen atoms in total. The number of aliphatic carboxylic acids is 1. The Hall–Kier alpha value is -3.23. The topological polar surface area (TPSA) is 134 Å². The predicted molar refractivity (Wildman–Crippen MR) is 127 cm³/mol. The lowest BCUT2D eigenvalue weighted by Crippen LogP contribution is -2.09. The van der Waals surface area contributed by atoms with E-state index >= 15 is 0 Å². The molecule has 0 aliphatic heterocycles. The fourth-order valence-electron chi connectivity index (χ4n) is 3.07. The summed E-state index contributed by atoms with van der Waals surface area (Å²) in [6.07, 6.45) is 2.20. The number of nitrogen functional groups attached to an aromatic ring is 2. The molecule has 0 unspecified atom stereocenters. The molecular weight excluding hydrogens is 455 g/mol. The van der Waals surface area contributed by atoms with Crippen LogP contribution in [0.4, 0.5) is 11.8 Å². The van der Waals surface area contributed by atoms with Crippen molar-refractivity contribution in [1.82, 2.24) is 9.97 Å². The van der Waals surface area contributed by atoms with Crippen LogP contribution in [-0.2, 0) is 11.2 Å². The van der Waals surface area contributed by atoms with Crippen molar-refractivity contribution in [3.05, 3.63) is 59.2 Å². The minimum atomic E-state index is -1.03. The van der Waals surface area contributed by atoms with Crippen LogP contribution in [0.1, 0.15) is 18.5 Å². The first-order valence-electron chi connectivity index (χ1n) is 9.67. The Bertz CT molecular complexity index is 1070. The number of aryl methyl sites for hydroxylation is 1. The van der Waals surface area contributed by atoms with E-state index in [-0.39, 0.29) is 18.4 Å². The summed E-state index contributed by atoms with van der Waals surface area (Å²) in [5.74, 6) is 0.470. The molecule has 5 N–H and O–H groups in total. The zero-order valence-electron chi connectivity index (χ0n) is 17.2. The van der Waals surface area contributed by atoms with Crippen LogP contribution in [0, 0.1) is 0 Å². The largest absolute Gasteiger partial charge is 0.493 e. The van der Waals surface area contributed by atoms with Gasteiger partial charge in [0.05, 0.1) is 12.3 Å². The SMILES string of the molecule is Cl.Nc1nc(N)c(-c2cccc(Cl)c2)c(CCCCOc2cccc(OCC(=O)O)c2)n1. The third kappa shape index (κ3) is 7.18. The molecule has 0 atom stereocenters. The summed E-state index contributed by atoms with van der Waals surface area (Å²) < 4.78 is 10.9. The molecular formula is C22H24Cl2N4O4. The predicted octanol–water partition coefficient (Wildman–Crippen LogP) is 4.25. The second kappa shape index (κ2) is 12.0. The number of carbonyl (C=O) groups is 1. The molecule has 0 aliphatic carbocycles. The van der Waals surface area contributed by atoms with Crippen molar-refractivity contribution >= 4 is 41.7 Å². The number of hydrogen-bond acceptors (Lipinski definition) is 7. The van der Waals surface area contributed by atoms with E-state index in [0.717, 1.165) is 29.7 Å². The van der Waals surface area contributed by atoms with Gasteiger partial charge in [-0.25, -0.2) is 9.78 Å². The smallest absolute Gasteiger partial charge is 0.341 e. The lowest BCUT2D eigenvalue weighted by Gasteiger charge is -2.13. The van der Waals surface area contributed by atoms with Crippen LogP contribution in [0.3, 0.4) is 0 Å². The highest BCUT2D eigenvalue weighted by Gasteiger charge is 2.14. The number of benzene rings is 2. The Balaban J connectivity index is 0.00000363. The Morgan fingerprint density at radius 2 is 1.72 bits per heavy atom. The Morgan fingerprint density at radius 1 is 1.00 bits per heavy atom. The van der Waals surface area contributed by atoms with Crippen molar-refractivity contribution in [2.75, 3.05) is 24.7 Å². The van der Waals surface area contributed by atoms with Crippen molar-refractivity contribution in [3.63, 3.8) is 0 Å². The van der Waals surface area contributed by atoms with E-state index in [1.165, 1.54) is 0 Å². The number of hydrogen-bond donors (Lipinski definition) is 3. The number of carboxylic acids is 1. The maximum absolute atomic E-state index is 10.6. The average molecular weight is 479 g/mol. The molecule has 0 aliphatic rings. The number of nitrogens with zero attached hydrogens (tertiary/aromatic N) is 2. The van der Waals surface area contributed by atoms with Crippen LogP contribution in [0.2, 0.25) is 5.02 Å². The summed E-state index contributed by atoms with van der Waals surface area (Å²) >= 11 is 6.12. The van der Waals surface area contributed by atoms with Crippen LogP contribution in [0.5, 0.6) is 11.5 Å². The first-order chi connectivity index (χ1) is 14.9. The van der Waals surface area contributed by atoms with Crippen molar-refractivity contribution in [1.29, 1.82) is 0 Å². The number of aromatic nitrogens is 2. The van der Waals surface area contributed by atoms with Crippen LogP contribution in [0.15, 0.2) is 48.5 Å². The van der Waals surface area contributed by atoms with Gasteiger partial charge in [0.2, 0.25) is 5.95 Å². The molecule has 32 heavy (non-hydrogen) atoms. The second-order valence-corrected chi connectivity index (χ2v) is 7.20. The highest BCUT2D eigenvalue weighted by Crippen LogP contribution is 2.31. The van der Waals surface area contributed by atoms with Gasteiger partial charge in [-0.15, -0.1) is 12.4 Å². The minimum Gasteiger partial charge on any atom is -0.493 e. The zero-order chi connectivity index (χ0) is 22.2. The Morgan fingerprint density at radius 3 is 2.44 bits per heavy atom. The van der Waals surface area contributed by atoms with Crippen molar-refractivity contribution in [2.24, 2.45) is 0 Å². The average Bonchev–Trinajstić information content (AvgIpc) is 2.72. The van der Waals surface area contributed by atoms with Gasteiger partial charge in [0.25, 0.3) is 0 Å². The quantitative estimate of drug-likeness (QED) is 0.368. The first kappa shape index (κ1) is 25.0. The third-order valence-electron chi connectivity index (χ3n) is 4.39. The maximum Gasteiger partial charge on any atom is 0.341 e. The van der Waals surface area contributed by atoms with E-state index in [1.54, 1.807) is 30.3 Å². The molecule has 3 rings (SSSR count). The van der Waals surface area contributed by atoms with Gasteiger partial charge in [-0.1, -0.05) is 29.8 Å². The normalized spacial score (nSPS) is 10.3. The fraction of sp³-hybridized carbons (Fsp3) is 0.227. The van der Waals surface area contributed by atoms with Gasteiger partial charge < -0.3 is 26.0 Å². The molecule has 0 bridgehead atoms. The number of unbranched alkanes of at least 4 members (excludes halogenated alkanes) is 1. The molecule has 0 spiro atoms. The molecule has 170 valence electrons. The summed E-state index contributed by atoms with van der Waals surface area (Å²) in [5, 5.41) is 9.29. The van der Waals surface area contributed by atoms with E-state index in [9.17, 15) is 4.79 Å². The van der Waals surface area contributed by atoms with Crippen LogP contribution in [-0.4, -0.2) is 34.3 Å². The van der Waals surface area contributed by atoms with Gasteiger partial charge in [0, 0.05) is 16.7 Å². The molecule has 1 aromatic heterocycles. The zero-order valence-corrected chi connectivity index (χ0v) is 18.7. The molecule has 3 aromatic rings. The molecule has 0 saturated carbocycles. The van der Waals surface area contributed by atoms with E-state index in [4.69, 9.17) is 37.6 Å². The van der Waals surface area contributed by atoms with E-state index in [1.807, 2.05) is 18.2 Å². The number of nitrogens with two attached hydrogens (primary N) is 2. The molecule has 1 heterocycles. The lowest BCUT2D eigenvalue weighted by molar-refractivity contribution is -0.139. The monoisotopic (exact) mass is 478 g/mol. The Labute approximate surface area is 196 Å². The van der Waals surface area contributed by atoms with E-state index < -0.39 is 12.6 Å². The highest BCUT2D eigenvalue weighted by atomic mass is 35.5. The maximum atomic E-state index is 10.6. The summed E-state index contributed by atoms with van der Waals surface area (Å²) in [4.78, 5) is 19.1. The van der Waals surface area contributed by atoms with Crippen LogP contribution in [0.25, 0.3) is 11.1 Å².